The normalized spacial score (nSPS) is 12.5. The minimum Gasteiger partial charge on any atom is -0.321 e. The molecule has 0 radical (unpaired) electrons. The number of nitrogens with zero attached hydrogens (tertiary/aromatic N) is 3. The largest absolute Gasteiger partial charge is 0.321 e. The third kappa shape index (κ3) is 3.87. The van der Waals surface area contributed by atoms with Gasteiger partial charge in [-0.2, -0.15) is 5.10 Å². The van der Waals surface area contributed by atoms with E-state index >= 15 is 0 Å². The number of rotatable bonds is 4. The van der Waals surface area contributed by atoms with E-state index in [-0.39, 0.29) is 18.1 Å². The molecule has 0 bridgehead atoms. The highest BCUT2D eigenvalue weighted by Gasteiger charge is 2.25. The van der Waals surface area contributed by atoms with Gasteiger partial charge in [-0.1, -0.05) is 24.3 Å². The van der Waals surface area contributed by atoms with Crippen molar-refractivity contribution in [2.24, 2.45) is 0 Å². The zero-order valence-corrected chi connectivity index (χ0v) is 16.9. The fourth-order valence-corrected chi connectivity index (χ4v) is 3.51. The molecule has 0 saturated carbocycles. The molecule has 7 nitrogen and oxygen atoms in total. The van der Waals surface area contributed by atoms with E-state index in [4.69, 9.17) is 0 Å². The van der Waals surface area contributed by atoms with Gasteiger partial charge in [0.05, 0.1) is 0 Å². The van der Waals surface area contributed by atoms with Crippen molar-refractivity contribution in [2.75, 3.05) is 16.8 Å². The van der Waals surface area contributed by atoms with Crippen molar-refractivity contribution in [2.45, 2.75) is 26.8 Å². The molecule has 0 unspecified atom stereocenters. The topological polar surface area (TPSA) is 84.3 Å². The molecule has 4 rings (SSSR count). The molecule has 152 valence electrons. The molecule has 0 spiro atoms. The second kappa shape index (κ2) is 7.94. The van der Waals surface area contributed by atoms with Gasteiger partial charge in [0.1, 0.15) is 12.2 Å². The van der Waals surface area contributed by atoms with Crippen molar-refractivity contribution < 1.29 is 9.59 Å². The van der Waals surface area contributed by atoms with Crippen LogP contribution in [-0.2, 0) is 17.8 Å². The Balaban J connectivity index is 1.52. The van der Waals surface area contributed by atoms with Gasteiger partial charge < -0.3 is 10.2 Å². The maximum Gasteiger partial charge on any atom is 0.276 e. The van der Waals surface area contributed by atoms with Gasteiger partial charge in [0.15, 0.2) is 0 Å². The summed E-state index contributed by atoms with van der Waals surface area (Å²) in [5.41, 5.74) is 4.43. The molecule has 1 aliphatic rings. The lowest BCUT2D eigenvalue weighted by Crippen LogP contribution is -2.37. The summed E-state index contributed by atoms with van der Waals surface area (Å²) in [7, 11) is 0. The number of aryl methyl sites for hydroxylation is 2. The summed E-state index contributed by atoms with van der Waals surface area (Å²) < 4.78 is 1.04. The van der Waals surface area contributed by atoms with E-state index in [9.17, 15) is 14.4 Å². The average Bonchev–Trinajstić information content (AvgIpc) is 3.16. The van der Waals surface area contributed by atoms with Gasteiger partial charge in [-0.3, -0.25) is 14.4 Å². The fourth-order valence-electron chi connectivity index (χ4n) is 3.51. The Morgan fingerprint density at radius 1 is 1.03 bits per heavy atom. The number of carbonyl (C=O) groups is 2. The third-order valence-corrected chi connectivity index (χ3v) is 5.34. The summed E-state index contributed by atoms with van der Waals surface area (Å²) in [6.45, 7) is 4.30. The van der Waals surface area contributed by atoms with Crippen LogP contribution < -0.4 is 15.8 Å². The number of hydrogen-bond acceptors (Lipinski definition) is 4. The van der Waals surface area contributed by atoms with Gasteiger partial charge in [-0.05, 0) is 61.2 Å². The van der Waals surface area contributed by atoms with E-state index in [0.717, 1.165) is 33.5 Å². The lowest BCUT2D eigenvalue weighted by Gasteiger charge is -2.17. The van der Waals surface area contributed by atoms with Crippen molar-refractivity contribution >= 4 is 23.2 Å². The van der Waals surface area contributed by atoms with Crippen molar-refractivity contribution in [3.63, 3.8) is 0 Å². The SMILES string of the molecule is Cc1ccc(NC(=O)c2ccc(=O)n(CC(=O)N3CCc4ccccc43)n2)cc1C. The number of fused-ring (bicyclic) bond motifs is 1. The predicted octanol–water partition coefficient (Wildman–Crippen LogP) is 2.70. The van der Waals surface area contributed by atoms with Crippen molar-refractivity contribution in [3.05, 3.63) is 87.3 Å². The molecule has 30 heavy (non-hydrogen) atoms. The highest BCUT2D eigenvalue weighted by atomic mass is 16.2. The van der Waals surface area contributed by atoms with Crippen LogP contribution in [-0.4, -0.2) is 28.1 Å². The van der Waals surface area contributed by atoms with Gasteiger partial charge in [0.2, 0.25) is 5.91 Å². The highest BCUT2D eigenvalue weighted by Crippen LogP contribution is 2.27. The number of amides is 2. The molecule has 2 aromatic carbocycles. The monoisotopic (exact) mass is 402 g/mol. The van der Waals surface area contributed by atoms with E-state index < -0.39 is 11.5 Å². The Kier molecular flexibility index (Phi) is 5.18. The first-order valence-corrected chi connectivity index (χ1v) is 9.77. The van der Waals surface area contributed by atoms with Gasteiger partial charge in [-0.25, -0.2) is 4.68 Å². The first-order chi connectivity index (χ1) is 14.4. The van der Waals surface area contributed by atoms with E-state index in [1.165, 1.54) is 12.1 Å². The van der Waals surface area contributed by atoms with Gasteiger partial charge >= 0.3 is 0 Å². The van der Waals surface area contributed by atoms with Crippen LogP contribution in [0, 0.1) is 13.8 Å². The molecule has 0 saturated heterocycles. The van der Waals surface area contributed by atoms with E-state index in [2.05, 4.69) is 10.4 Å². The maximum absolute atomic E-state index is 12.8. The lowest BCUT2D eigenvalue weighted by molar-refractivity contribution is -0.119. The van der Waals surface area contributed by atoms with Gasteiger partial charge in [0, 0.05) is 24.0 Å². The van der Waals surface area contributed by atoms with E-state index in [1.807, 2.05) is 56.3 Å². The molecule has 3 aromatic rings. The number of carbonyl (C=O) groups excluding carboxylic acids is 2. The van der Waals surface area contributed by atoms with E-state index in [0.29, 0.717) is 12.2 Å². The van der Waals surface area contributed by atoms with Crippen LogP contribution in [0.25, 0.3) is 0 Å². The summed E-state index contributed by atoms with van der Waals surface area (Å²) in [6, 6.07) is 15.9. The minimum absolute atomic E-state index is 0.0717. The van der Waals surface area contributed by atoms with Crippen LogP contribution in [0.2, 0.25) is 0 Å². The Bertz CT molecular complexity index is 1200. The molecule has 1 aliphatic heterocycles. The Morgan fingerprint density at radius 3 is 2.63 bits per heavy atom. The van der Waals surface area contributed by atoms with Crippen LogP contribution in [0.3, 0.4) is 0 Å². The van der Waals surface area contributed by atoms with E-state index in [1.54, 1.807) is 4.90 Å². The number of para-hydroxylation sites is 1. The number of aromatic nitrogens is 2. The second-order valence-electron chi connectivity index (χ2n) is 7.39. The smallest absolute Gasteiger partial charge is 0.276 e. The summed E-state index contributed by atoms with van der Waals surface area (Å²) in [6.07, 6.45) is 0.780. The molecule has 2 amide bonds. The summed E-state index contributed by atoms with van der Waals surface area (Å²) >= 11 is 0. The minimum atomic E-state index is -0.439. The van der Waals surface area contributed by atoms with Crippen LogP contribution in [0.1, 0.15) is 27.2 Å². The average molecular weight is 402 g/mol. The number of anilines is 2. The van der Waals surface area contributed by atoms with Gasteiger partial charge in [0.25, 0.3) is 11.5 Å². The number of benzene rings is 2. The Hall–Kier alpha value is -3.74. The van der Waals surface area contributed by atoms with Crippen molar-refractivity contribution in [1.82, 2.24) is 9.78 Å². The summed E-state index contributed by atoms with van der Waals surface area (Å²) in [5, 5.41) is 6.90. The predicted molar refractivity (Wildman–Crippen MR) is 115 cm³/mol. The molecule has 0 aliphatic carbocycles. The first-order valence-electron chi connectivity index (χ1n) is 9.77. The standard InChI is InChI=1S/C23H22N4O3/c1-15-7-8-18(13-16(15)2)24-23(30)19-9-10-21(28)27(25-19)14-22(29)26-12-11-17-5-3-4-6-20(17)26/h3-10,13H,11-12,14H2,1-2H3,(H,24,30). The van der Waals surface area contributed by atoms with Crippen LogP contribution in [0.4, 0.5) is 11.4 Å². The molecule has 0 atom stereocenters. The quantitative estimate of drug-likeness (QED) is 0.727. The number of hydrogen-bond donors (Lipinski definition) is 1. The fraction of sp³-hybridized carbons (Fsp3) is 0.217. The molecular formula is C23H22N4O3. The Labute approximate surface area is 174 Å². The zero-order valence-electron chi connectivity index (χ0n) is 16.9. The molecule has 2 heterocycles. The second-order valence-corrected chi connectivity index (χ2v) is 7.39. The Morgan fingerprint density at radius 2 is 1.83 bits per heavy atom. The third-order valence-electron chi connectivity index (χ3n) is 5.34. The molecular weight excluding hydrogens is 380 g/mol. The molecule has 1 N–H and O–H groups in total. The molecule has 1 aromatic heterocycles. The van der Waals surface area contributed by atoms with Crippen molar-refractivity contribution in [1.29, 1.82) is 0 Å². The van der Waals surface area contributed by atoms with Crippen LogP contribution in [0.5, 0.6) is 0 Å². The lowest BCUT2D eigenvalue weighted by atomic mass is 10.1. The van der Waals surface area contributed by atoms with Gasteiger partial charge in [-0.15, -0.1) is 0 Å². The van der Waals surface area contributed by atoms with Crippen LogP contribution >= 0.6 is 0 Å². The number of nitrogens with one attached hydrogen (secondary N) is 1. The van der Waals surface area contributed by atoms with Crippen LogP contribution in [0.15, 0.2) is 59.4 Å². The van der Waals surface area contributed by atoms with Crippen molar-refractivity contribution in [3.8, 4) is 0 Å². The highest BCUT2D eigenvalue weighted by molar-refractivity contribution is 6.02. The summed E-state index contributed by atoms with van der Waals surface area (Å²) in [5.74, 6) is -0.674. The summed E-state index contributed by atoms with van der Waals surface area (Å²) in [4.78, 5) is 39.3. The first kappa shape index (κ1) is 19.6. The molecule has 7 heteroatoms. The zero-order chi connectivity index (χ0) is 21.3. The maximum atomic E-state index is 12.8. The molecule has 0 fully saturated rings.